The summed E-state index contributed by atoms with van der Waals surface area (Å²) in [6.07, 6.45) is 2.86. The number of aromatic nitrogens is 4. The molecular weight excluding hydrogens is 398 g/mol. The van der Waals surface area contributed by atoms with E-state index >= 15 is 0 Å². The van der Waals surface area contributed by atoms with Gasteiger partial charge >= 0.3 is 0 Å². The van der Waals surface area contributed by atoms with Crippen molar-refractivity contribution >= 4 is 39.1 Å². The lowest BCUT2D eigenvalue weighted by atomic mass is 10.2. The summed E-state index contributed by atoms with van der Waals surface area (Å²) in [4.78, 5) is 23.5. The molecule has 140 valence electrons. The van der Waals surface area contributed by atoms with Crippen LogP contribution in [-0.4, -0.2) is 27.9 Å². The van der Waals surface area contributed by atoms with Crippen LogP contribution in [0.3, 0.4) is 0 Å². The fourth-order valence-corrected chi connectivity index (χ4v) is 3.96. The minimum absolute atomic E-state index is 0.00689. The van der Waals surface area contributed by atoms with Crippen LogP contribution in [0.4, 0.5) is 5.95 Å². The van der Waals surface area contributed by atoms with Crippen LogP contribution in [0.2, 0.25) is 0 Å². The van der Waals surface area contributed by atoms with E-state index < -0.39 is 10.0 Å². The SMILES string of the molecule is O=c1c2ccccc2[nH]c(=S)n1-c1ccc(S(=O)(=O)Nc2ncccn2)cc1. The Morgan fingerprint density at radius 2 is 1.64 bits per heavy atom. The predicted molar refractivity (Wildman–Crippen MR) is 108 cm³/mol. The molecule has 0 saturated heterocycles. The van der Waals surface area contributed by atoms with Gasteiger partial charge in [0.05, 0.1) is 21.5 Å². The number of anilines is 1. The van der Waals surface area contributed by atoms with Crippen molar-refractivity contribution in [1.29, 1.82) is 0 Å². The third-order valence-corrected chi connectivity index (χ3v) is 5.63. The van der Waals surface area contributed by atoms with Crippen molar-refractivity contribution < 1.29 is 8.42 Å². The van der Waals surface area contributed by atoms with E-state index in [0.29, 0.717) is 16.6 Å². The first-order valence-corrected chi connectivity index (χ1v) is 9.99. The number of hydrogen-bond donors (Lipinski definition) is 2. The van der Waals surface area contributed by atoms with Crippen molar-refractivity contribution in [3.63, 3.8) is 0 Å². The second kappa shape index (κ2) is 6.98. The summed E-state index contributed by atoms with van der Waals surface area (Å²) >= 11 is 5.30. The standard InChI is InChI=1S/C18H13N5O3S2/c24-16-14-4-1-2-5-15(14)21-18(27)23(16)12-6-8-13(9-7-12)28(25,26)22-17-19-10-3-11-20-17/h1-11H,(H,21,27)(H,19,20,22). The lowest BCUT2D eigenvalue weighted by Crippen LogP contribution is -2.20. The zero-order chi connectivity index (χ0) is 19.7. The van der Waals surface area contributed by atoms with E-state index in [-0.39, 0.29) is 21.2 Å². The number of nitrogens with one attached hydrogen (secondary N) is 2. The van der Waals surface area contributed by atoms with E-state index in [9.17, 15) is 13.2 Å². The molecule has 0 aliphatic heterocycles. The molecule has 0 atom stereocenters. The second-order valence-electron chi connectivity index (χ2n) is 5.79. The summed E-state index contributed by atoms with van der Waals surface area (Å²) in [7, 11) is -3.86. The van der Waals surface area contributed by atoms with Crippen molar-refractivity contribution in [3.05, 3.63) is 82.1 Å². The molecule has 10 heteroatoms. The van der Waals surface area contributed by atoms with E-state index in [0.717, 1.165) is 0 Å². The molecular formula is C18H13N5O3S2. The maximum atomic E-state index is 12.8. The van der Waals surface area contributed by atoms with Crippen LogP contribution in [0, 0.1) is 4.77 Å². The minimum atomic E-state index is -3.86. The van der Waals surface area contributed by atoms with E-state index in [1.54, 1.807) is 30.3 Å². The largest absolute Gasteiger partial charge is 0.331 e. The van der Waals surface area contributed by atoms with Gasteiger partial charge in [0, 0.05) is 12.4 Å². The fraction of sp³-hybridized carbons (Fsp3) is 0. The van der Waals surface area contributed by atoms with Gasteiger partial charge in [-0.3, -0.25) is 9.36 Å². The van der Waals surface area contributed by atoms with Gasteiger partial charge in [-0.2, -0.15) is 0 Å². The van der Waals surface area contributed by atoms with Crippen LogP contribution in [0.25, 0.3) is 16.6 Å². The number of hydrogen-bond acceptors (Lipinski definition) is 6. The molecule has 2 aromatic carbocycles. The molecule has 4 rings (SSSR count). The summed E-state index contributed by atoms with van der Waals surface area (Å²) < 4.78 is 28.8. The molecule has 0 aliphatic rings. The number of rotatable bonds is 4. The maximum absolute atomic E-state index is 12.8. The first kappa shape index (κ1) is 18.0. The van der Waals surface area contributed by atoms with Crippen molar-refractivity contribution in [2.24, 2.45) is 0 Å². The van der Waals surface area contributed by atoms with E-state index in [4.69, 9.17) is 12.2 Å². The van der Waals surface area contributed by atoms with Crippen LogP contribution in [-0.2, 0) is 10.0 Å². The highest BCUT2D eigenvalue weighted by atomic mass is 32.2. The van der Waals surface area contributed by atoms with Crippen molar-refractivity contribution in [2.45, 2.75) is 4.90 Å². The third kappa shape index (κ3) is 3.30. The van der Waals surface area contributed by atoms with Gasteiger partial charge in [0.25, 0.3) is 15.6 Å². The van der Waals surface area contributed by atoms with Gasteiger partial charge in [-0.15, -0.1) is 0 Å². The third-order valence-electron chi connectivity index (χ3n) is 4.00. The minimum Gasteiger partial charge on any atom is -0.331 e. The van der Waals surface area contributed by atoms with Gasteiger partial charge in [0.15, 0.2) is 4.77 Å². The summed E-state index contributed by atoms with van der Waals surface area (Å²) in [6, 6.07) is 14.4. The Morgan fingerprint density at radius 1 is 0.964 bits per heavy atom. The van der Waals surface area contributed by atoms with Crippen LogP contribution >= 0.6 is 12.2 Å². The highest BCUT2D eigenvalue weighted by Crippen LogP contribution is 2.16. The summed E-state index contributed by atoms with van der Waals surface area (Å²) in [5, 5.41) is 0.482. The molecule has 2 N–H and O–H groups in total. The van der Waals surface area contributed by atoms with E-state index in [2.05, 4.69) is 19.7 Å². The lowest BCUT2D eigenvalue weighted by Gasteiger charge is -2.10. The summed E-state index contributed by atoms with van der Waals surface area (Å²) in [5.74, 6) is -0.0280. The maximum Gasteiger partial charge on any atom is 0.266 e. The summed E-state index contributed by atoms with van der Waals surface area (Å²) in [5.41, 5.74) is 0.803. The highest BCUT2D eigenvalue weighted by Gasteiger charge is 2.16. The normalized spacial score (nSPS) is 11.4. The molecule has 2 heterocycles. The lowest BCUT2D eigenvalue weighted by molar-refractivity contribution is 0.601. The van der Waals surface area contributed by atoms with Gasteiger partial charge in [-0.1, -0.05) is 12.1 Å². The molecule has 0 saturated carbocycles. The highest BCUT2D eigenvalue weighted by molar-refractivity contribution is 7.92. The molecule has 0 amide bonds. The van der Waals surface area contributed by atoms with Gasteiger partial charge in [0.1, 0.15) is 0 Å². The quantitative estimate of drug-likeness (QED) is 0.500. The van der Waals surface area contributed by atoms with Crippen LogP contribution in [0.15, 0.2) is 76.7 Å². The van der Waals surface area contributed by atoms with Crippen molar-refractivity contribution in [2.75, 3.05) is 4.72 Å². The molecule has 2 aromatic heterocycles. The number of fused-ring (bicyclic) bond motifs is 1. The molecule has 0 unspecified atom stereocenters. The fourth-order valence-electron chi connectivity index (χ4n) is 2.70. The Kier molecular flexibility index (Phi) is 4.49. The molecule has 0 bridgehead atoms. The first-order chi connectivity index (χ1) is 13.5. The zero-order valence-corrected chi connectivity index (χ0v) is 15.9. The second-order valence-corrected chi connectivity index (χ2v) is 7.86. The molecule has 0 radical (unpaired) electrons. The number of para-hydroxylation sites is 1. The topological polar surface area (TPSA) is 110 Å². The average Bonchev–Trinajstić information content (AvgIpc) is 2.69. The Morgan fingerprint density at radius 3 is 2.36 bits per heavy atom. The number of nitrogens with zero attached hydrogens (tertiary/aromatic N) is 3. The molecule has 4 aromatic rings. The Hall–Kier alpha value is -3.37. The van der Waals surface area contributed by atoms with Crippen LogP contribution in [0.1, 0.15) is 0 Å². The predicted octanol–water partition coefficient (Wildman–Crippen LogP) is 2.64. The Bertz CT molecular complexity index is 1380. The molecule has 8 nitrogen and oxygen atoms in total. The Labute approximate surface area is 164 Å². The molecule has 0 fully saturated rings. The molecule has 0 aliphatic carbocycles. The number of sulfonamides is 1. The van der Waals surface area contributed by atoms with Gasteiger partial charge < -0.3 is 4.98 Å². The molecule has 28 heavy (non-hydrogen) atoms. The number of aromatic amines is 1. The van der Waals surface area contributed by atoms with Gasteiger partial charge in [-0.25, -0.2) is 23.1 Å². The average molecular weight is 411 g/mol. The van der Waals surface area contributed by atoms with Crippen LogP contribution in [0.5, 0.6) is 0 Å². The van der Waals surface area contributed by atoms with E-state index in [1.807, 2.05) is 0 Å². The zero-order valence-electron chi connectivity index (χ0n) is 14.2. The van der Waals surface area contributed by atoms with Gasteiger partial charge in [-0.05, 0) is 54.7 Å². The van der Waals surface area contributed by atoms with Crippen LogP contribution < -0.4 is 10.3 Å². The summed E-state index contributed by atoms with van der Waals surface area (Å²) in [6.45, 7) is 0. The number of benzene rings is 2. The number of H-pyrrole nitrogens is 1. The van der Waals surface area contributed by atoms with Gasteiger partial charge in [0.2, 0.25) is 5.95 Å². The monoisotopic (exact) mass is 411 g/mol. The Balaban J connectivity index is 1.74. The van der Waals surface area contributed by atoms with Crippen molar-refractivity contribution in [3.8, 4) is 5.69 Å². The first-order valence-electron chi connectivity index (χ1n) is 8.10. The van der Waals surface area contributed by atoms with Crippen molar-refractivity contribution in [1.82, 2.24) is 19.5 Å². The smallest absolute Gasteiger partial charge is 0.266 e. The molecule has 0 spiro atoms. The van der Waals surface area contributed by atoms with E-state index in [1.165, 1.54) is 41.2 Å².